The van der Waals surface area contributed by atoms with E-state index in [1.165, 1.54) is 58.0 Å². The molecule has 1 aliphatic heterocycles. The molecule has 176 valence electrons. The summed E-state index contributed by atoms with van der Waals surface area (Å²) in [4.78, 5) is 27.6. The maximum Gasteiger partial charge on any atom is 0.296 e. The summed E-state index contributed by atoms with van der Waals surface area (Å²) in [5.41, 5.74) is 2.69. The number of carbonyl (C=O) groups excluding carboxylic acids is 2. The van der Waals surface area contributed by atoms with Gasteiger partial charge in [0, 0.05) is 5.75 Å². The molecule has 2 N–H and O–H groups in total. The number of aliphatic hydroxyl groups excluding tert-OH is 1. The van der Waals surface area contributed by atoms with E-state index in [4.69, 9.17) is 4.42 Å². The number of carbonyl (C=O) groups is 2. The fourth-order valence-corrected chi connectivity index (χ4v) is 5.56. The molecule has 3 heterocycles. The van der Waals surface area contributed by atoms with Gasteiger partial charge in [-0.3, -0.25) is 14.5 Å². The molecular weight excluding hydrogens is 486 g/mol. The lowest BCUT2D eigenvalue weighted by Gasteiger charge is -2.23. The Morgan fingerprint density at radius 2 is 1.83 bits per heavy atom. The zero-order valence-corrected chi connectivity index (χ0v) is 20.0. The number of thioether (sulfide) groups is 1. The SMILES string of the molecule is Cc1ccc(CSc2nnc(N3C(=O)C(O)=C(C(=O)c4ccco4)[C@@H]3c3ccc(O)cc3)s2)cc1. The maximum atomic E-state index is 13.2. The number of rotatable bonds is 7. The average molecular weight is 506 g/mol. The number of hydrogen-bond donors (Lipinski definition) is 2. The molecule has 1 amide bonds. The van der Waals surface area contributed by atoms with Crippen molar-refractivity contribution < 1.29 is 24.2 Å². The Kier molecular flexibility index (Phi) is 6.14. The molecule has 0 saturated heterocycles. The van der Waals surface area contributed by atoms with E-state index in [0.29, 0.717) is 15.7 Å². The molecule has 0 saturated carbocycles. The first kappa shape index (κ1) is 22.9. The number of furan rings is 1. The summed E-state index contributed by atoms with van der Waals surface area (Å²) in [5, 5.41) is 29.1. The highest BCUT2D eigenvalue weighted by molar-refractivity contribution is 8.00. The van der Waals surface area contributed by atoms with Crippen LogP contribution in [0.25, 0.3) is 0 Å². The van der Waals surface area contributed by atoms with E-state index in [9.17, 15) is 19.8 Å². The van der Waals surface area contributed by atoms with Gasteiger partial charge in [0.1, 0.15) is 5.75 Å². The number of aromatic hydroxyl groups is 1. The Balaban J connectivity index is 1.48. The highest BCUT2D eigenvalue weighted by atomic mass is 32.2. The van der Waals surface area contributed by atoms with Crippen LogP contribution in [0.15, 0.2) is 87.0 Å². The summed E-state index contributed by atoms with van der Waals surface area (Å²) in [7, 11) is 0. The highest BCUT2D eigenvalue weighted by Gasteiger charge is 2.46. The molecule has 10 heteroatoms. The predicted octanol–water partition coefficient (Wildman–Crippen LogP) is 5.22. The van der Waals surface area contributed by atoms with Gasteiger partial charge in [-0.1, -0.05) is 65.1 Å². The number of aryl methyl sites for hydroxylation is 1. The van der Waals surface area contributed by atoms with Crippen molar-refractivity contribution in [3.05, 3.63) is 101 Å². The van der Waals surface area contributed by atoms with Crippen molar-refractivity contribution >= 4 is 39.9 Å². The molecule has 2 aromatic carbocycles. The van der Waals surface area contributed by atoms with Crippen LogP contribution in [-0.2, 0) is 10.5 Å². The van der Waals surface area contributed by atoms with Crippen LogP contribution >= 0.6 is 23.1 Å². The van der Waals surface area contributed by atoms with Crippen molar-refractivity contribution in [3.8, 4) is 5.75 Å². The number of aliphatic hydroxyl groups is 1. The first-order valence-electron chi connectivity index (χ1n) is 10.6. The monoisotopic (exact) mass is 505 g/mol. The lowest BCUT2D eigenvalue weighted by Crippen LogP contribution is -2.31. The Hall–Kier alpha value is -3.89. The van der Waals surface area contributed by atoms with Gasteiger partial charge in [0.15, 0.2) is 15.9 Å². The van der Waals surface area contributed by atoms with E-state index in [1.807, 2.05) is 31.2 Å². The van der Waals surface area contributed by atoms with E-state index < -0.39 is 23.5 Å². The third-order valence-corrected chi connectivity index (χ3v) is 7.62. The fraction of sp³-hybridized carbons (Fsp3) is 0.120. The zero-order valence-electron chi connectivity index (χ0n) is 18.4. The standard InChI is InChI=1S/C25H19N3O5S2/c1-14-4-6-15(7-5-14)13-34-25-27-26-24(35-25)28-20(16-8-10-17(29)11-9-16)19(22(31)23(28)32)21(30)18-3-2-12-33-18/h2-12,20,29,31H,13H2,1H3/t20-/m0/s1. The van der Waals surface area contributed by atoms with Gasteiger partial charge in [0.05, 0.1) is 17.9 Å². The second-order valence-electron chi connectivity index (χ2n) is 7.86. The number of Topliss-reactive ketones (excluding diaryl/α,β-unsaturated/α-hetero) is 1. The van der Waals surface area contributed by atoms with Gasteiger partial charge >= 0.3 is 0 Å². The zero-order chi connectivity index (χ0) is 24.5. The number of aromatic nitrogens is 2. The van der Waals surface area contributed by atoms with Crippen LogP contribution in [0.5, 0.6) is 5.75 Å². The maximum absolute atomic E-state index is 13.2. The first-order chi connectivity index (χ1) is 16.9. The number of ketones is 1. The molecule has 0 unspecified atom stereocenters. The summed E-state index contributed by atoms with van der Waals surface area (Å²) in [5.74, 6) is -1.34. The third kappa shape index (κ3) is 4.45. The van der Waals surface area contributed by atoms with Crippen LogP contribution in [0.1, 0.15) is 33.3 Å². The lowest BCUT2D eigenvalue weighted by molar-refractivity contribution is -0.117. The van der Waals surface area contributed by atoms with Gasteiger partial charge in [-0.2, -0.15) is 0 Å². The van der Waals surface area contributed by atoms with Crippen LogP contribution < -0.4 is 4.90 Å². The Labute approximate surface area is 208 Å². The molecule has 4 aromatic rings. The van der Waals surface area contributed by atoms with Gasteiger partial charge in [-0.25, -0.2) is 0 Å². The van der Waals surface area contributed by atoms with E-state index in [-0.39, 0.29) is 22.2 Å². The smallest absolute Gasteiger partial charge is 0.296 e. The summed E-state index contributed by atoms with van der Waals surface area (Å²) in [6, 6.07) is 16.3. The van der Waals surface area contributed by atoms with E-state index in [2.05, 4.69) is 10.2 Å². The van der Waals surface area contributed by atoms with Gasteiger partial charge in [-0.15, -0.1) is 10.2 Å². The fourth-order valence-electron chi connectivity index (χ4n) is 3.73. The third-order valence-electron chi connectivity index (χ3n) is 5.49. The Bertz CT molecular complexity index is 1410. The van der Waals surface area contributed by atoms with Crippen LogP contribution in [-0.4, -0.2) is 32.1 Å². The second-order valence-corrected chi connectivity index (χ2v) is 10.0. The molecule has 2 aromatic heterocycles. The van der Waals surface area contributed by atoms with Crippen molar-refractivity contribution in [2.45, 2.75) is 23.1 Å². The van der Waals surface area contributed by atoms with E-state index in [1.54, 1.807) is 18.2 Å². The Morgan fingerprint density at radius 3 is 2.51 bits per heavy atom. The summed E-state index contributed by atoms with van der Waals surface area (Å²) < 4.78 is 5.87. The number of phenolic OH excluding ortho intramolecular Hbond substituents is 1. The molecule has 1 atom stereocenters. The van der Waals surface area contributed by atoms with Crippen molar-refractivity contribution in [3.63, 3.8) is 0 Å². The van der Waals surface area contributed by atoms with Gasteiger partial charge in [-0.05, 0) is 42.3 Å². The van der Waals surface area contributed by atoms with Gasteiger partial charge < -0.3 is 14.6 Å². The van der Waals surface area contributed by atoms with Gasteiger partial charge in [0.2, 0.25) is 10.9 Å². The molecular formula is C25H19N3O5S2. The average Bonchev–Trinajstić information content (AvgIpc) is 3.60. The molecule has 8 nitrogen and oxygen atoms in total. The molecule has 35 heavy (non-hydrogen) atoms. The molecule has 0 spiro atoms. The second kappa shape index (κ2) is 9.40. The molecule has 0 fully saturated rings. The van der Waals surface area contributed by atoms with Crippen LogP contribution in [0, 0.1) is 6.92 Å². The topological polar surface area (TPSA) is 117 Å². The van der Waals surface area contributed by atoms with Crippen molar-refractivity contribution in [1.29, 1.82) is 0 Å². The minimum absolute atomic E-state index is 0.00316. The van der Waals surface area contributed by atoms with Crippen molar-refractivity contribution in [2.75, 3.05) is 4.90 Å². The molecule has 0 bridgehead atoms. The van der Waals surface area contributed by atoms with Gasteiger partial charge in [0.25, 0.3) is 5.91 Å². The van der Waals surface area contributed by atoms with Crippen molar-refractivity contribution in [1.82, 2.24) is 10.2 Å². The normalized spacial score (nSPS) is 15.7. The van der Waals surface area contributed by atoms with Crippen LogP contribution in [0.4, 0.5) is 5.13 Å². The number of amides is 1. The summed E-state index contributed by atoms with van der Waals surface area (Å²) in [6.07, 6.45) is 1.34. The predicted molar refractivity (Wildman–Crippen MR) is 132 cm³/mol. The van der Waals surface area contributed by atoms with E-state index >= 15 is 0 Å². The number of anilines is 1. The highest BCUT2D eigenvalue weighted by Crippen LogP contribution is 2.44. The minimum atomic E-state index is -0.969. The largest absolute Gasteiger partial charge is 0.508 e. The molecule has 5 rings (SSSR count). The lowest BCUT2D eigenvalue weighted by atomic mass is 9.95. The molecule has 0 aliphatic carbocycles. The molecule has 0 radical (unpaired) electrons. The number of benzene rings is 2. The quantitative estimate of drug-likeness (QED) is 0.199. The number of nitrogens with zero attached hydrogens (tertiary/aromatic N) is 3. The minimum Gasteiger partial charge on any atom is -0.508 e. The summed E-state index contributed by atoms with van der Waals surface area (Å²) >= 11 is 2.68. The van der Waals surface area contributed by atoms with Crippen molar-refractivity contribution in [2.24, 2.45) is 0 Å². The summed E-state index contributed by atoms with van der Waals surface area (Å²) in [6.45, 7) is 2.03. The molecule has 1 aliphatic rings. The Morgan fingerprint density at radius 1 is 1.09 bits per heavy atom. The first-order valence-corrected chi connectivity index (χ1v) is 12.4. The number of hydrogen-bond acceptors (Lipinski definition) is 9. The number of phenols is 1. The van der Waals surface area contributed by atoms with E-state index in [0.717, 1.165) is 5.56 Å². The van der Waals surface area contributed by atoms with Crippen LogP contribution in [0.3, 0.4) is 0 Å². The van der Waals surface area contributed by atoms with Crippen LogP contribution in [0.2, 0.25) is 0 Å².